The van der Waals surface area contributed by atoms with Crippen LogP contribution in [-0.2, 0) is 4.79 Å². The van der Waals surface area contributed by atoms with Gasteiger partial charge in [0.05, 0.1) is 11.1 Å². The summed E-state index contributed by atoms with van der Waals surface area (Å²) in [6.45, 7) is 4.47. The lowest BCUT2D eigenvalue weighted by atomic mass is 10.1. The maximum Gasteiger partial charge on any atom is 0.251 e. The highest BCUT2D eigenvalue weighted by molar-refractivity contribution is 8.00. The van der Waals surface area contributed by atoms with E-state index in [1.807, 2.05) is 6.92 Å². The number of fused-ring (bicyclic) bond motifs is 1. The third-order valence-electron chi connectivity index (χ3n) is 4.78. The number of hydrogen-bond donors (Lipinski definition) is 2. The van der Waals surface area contributed by atoms with Crippen LogP contribution in [0.2, 0.25) is 0 Å². The van der Waals surface area contributed by atoms with Gasteiger partial charge >= 0.3 is 0 Å². The molecule has 6 nitrogen and oxygen atoms in total. The van der Waals surface area contributed by atoms with Gasteiger partial charge in [-0.15, -0.1) is 11.3 Å². The number of thioether (sulfide) groups is 1. The van der Waals surface area contributed by atoms with Gasteiger partial charge < -0.3 is 10.6 Å². The zero-order chi connectivity index (χ0) is 22.5. The summed E-state index contributed by atoms with van der Waals surface area (Å²) in [7, 11) is 0. The van der Waals surface area contributed by atoms with Crippen LogP contribution in [0, 0.1) is 6.92 Å². The van der Waals surface area contributed by atoms with Gasteiger partial charge in [0.1, 0.15) is 16.2 Å². The molecule has 2 amide bonds. The minimum Gasteiger partial charge on any atom is -0.352 e. The molecule has 8 heteroatoms. The first-order valence-electron chi connectivity index (χ1n) is 10.2. The maximum absolute atomic E-state index is 12.6. The van der Waals surface area contributed by atoms with Gasteiger partial charge in [0.2, 0.25) is 5.91 Å². The minimum atomic E-state index is -0.165. The summed E-state index contributed by atoms with van der Waals surface area (Å²) in [5.41, 5.74) is 4.47. The molecule has 0 saturated carbocycles. The largest absolute Gasteiger partial charge is 0.352 e. The van der Waals surface area contributed by atoms with E-state index in [1.54, 1.807) is 35.6 Å². The van der Waals surface area contributed by atoms with Gasteiger partial charge in [0.25, 0.3) is 5.91 Å². The van der Waals surface area contributed by atoms with Crippen LogP contribution in [0.4, 0.5) is 5.69 Å². The number of rotatable bonds is 7. The summed E-state index contributed by atoms with van der Waals surface area (Å²) in [5.74, 6) is -0.134. The first-order valence-corrected chi connectivity index (χ1v) is 12.0. The molecular formula is C24H22N4O2S2. The number of carbonyl (C=O) groups excluding carboxylic acids is 2. The first-order chi connectivity index (χ1) is 15.5. The van der Waals surface area contributed by atoms with Crippen LogP contribution in [-0.4, -0.2) is 34.1 Å². The van der Waals surface area contributed by atoms with Crippen molar-refractivity contribution in [1.29, 1.82) is 0 Å². The van der Waals surface area contributed by atoms with E-state index in [2.05, 4.69) is 57.2 Å². The molecule has 0 atom stereocenters. The predicted octanol–water partition coefficient (Wildman–Crippen LogP) is 5.15. The molecule has 2 aromatic carbocycles. The maximum atomic E-state index is 12.6. The van der Waals surface area contributed by atoms with Gasteiger partial charge in [-0.1, -0.05) is 47.7 Å². The average Bonchev–Trinajstić information content (AvgIpc) is 3.23. The Morgan fingerprint density at radius 2 is 1.91 bits per heavy atom. The van der Waals surface area contributed by atoms with Crippen molar-refractivity contribution < 1.29 is 9.59 Å². The number of aromatic nitrogens is 2. The Labute approximate surface area is 194 Å². The fourth-order valence-electron chi connectivity index (χ4n) is 3.23. The normalized spacial score (nSPS) is 10.8. The van der Waals surface area contributed by atoms with Crippen molar-refractivity contribution in [3.63, 3.8) is 0 Å². The Bertz CT molecular complexity index is 1270. The topological polar surface area (TPSA) is 84.0 Å². The number of amides is 2. The second kappa shape index (κ2) is 9.93. The summed E-state index contributed by atoms with van der Waals surface area (Å²) in [6, 6.07) is 15.2. The van der Waals surface area contributed by atoms with Crippen molar-refractivity contribution in [2.24, 2.45) is 0 Å². The van der Waals surface area contributed by atoms with Crippen LogP contribution in [0.25, 0.3) is 21.3 Å². The molecule has 0 saturated heterocycles. The molecule has 0 aliphatic carbocycles. The average molecular weight is 463 g/mol. The van der Waals surface area contributed by atoms with Crippen molar-refractivity contribution in [1.82, 2.24) is 15.3 Å². The predicted molar refractivity (Wildman–Crippen MR) is 131 cm³/mol. The molecule has 2 aromatic heterocycles. The van der Waals surface area contributed by atoms with Crippen LogP contribution in [0.3, 0.4) is 0 Å². The van der Waals surface area contributed by atoms with Crippen LogP contribution < -0.4 is 10.6 Å². The molecule has 0 unspecified atom stereocenters. The van der Waals surface area contributed by atoms with Gasteiger partial charge in [-0.05, 0) is 37.6 Å². The minimum absolute atomic E-state index is 0.164. The lowest BCUT2D eigenvalue weighted by molar-refractivity contribution is -0.113. The molecule has 0 bridgehead atoms. The number of hydrogen-bond acceptors (Lipinski definition) is 6. The van der Waals surface area contributed by atoms with Crippen LogP contribution in [0.15, 0.2) is 65.3 Å². The van der Waals surface area contributed by atoms with E-state index >= 15 is 0 Å². The fraction of sp³-hybridized carbons (Fsp3) is 0.167. The molecular weight excluding hydrogens is 440 g/mol. The van der Waals surface area contributed by atoms with E-state index in [0.717, 1.165) is 26.4 Å². The zero-order valence-corrected chi connectivity index (χ0v) is 19.3. The smallest absolute Gasteiger partial charge is 0.251 e. The van der Waals surface area contributed by atoms with Gasteiger partial charge in [-0.25, -0.2) is 9.97 Å². The summed E-state index contributed by atoms with van der Waals surface area (Å²) in [6.07, 6.45) is 1.54. The molecule has 4 aromatic rings. The number of benzene rings is 2. The summed E-state index contributed by atoms with van der Waals surface area (Å²) in [5, 5.41) is 9.45. The van der Waals surface area contributed by atoms with Gasteiger partial charge in [-0.3, -0.25) is 9.59 Å². The summed E-state index contributed by atoms with van der Waals surface area (Å²) >= 11 is 2.95. The van der Waals surface area contributed by atoms with Gasteiger partial charge in [0, 0.05) is 28.7 Å². The Kier molecular flexibility index (Phi) is 6.82. The standard InChI is InChI=1S/C24H22N4O2S2/c1-3-25-22(30)17-5-4-6-18(11-17)28-20(29)13-32-24-21-19(12-31-23(21)26-14-27-24)16-9-7-15(2)8-10-16/h4-12,14H,3,13H2,1-2H3,(H,25,30)(H,28,29). The third kappa shape index (κ3) is 4.98. The number of nitrogens with one attached hydrogen (secondary N) is 2. The molecule has 0 radical (unpaired) electrons. The summed E-state index contributed by atoms with van der Waals surface area (Å²) in [4.78, 5) is 34.3. The van der Waals surface area contributed by atoms with Crippen molar-refractivity contribution in [2.75, 3.05) is 17.6 Å². The van der Waals surface area contributed by atoms with Crippen molar-refractivity contribution in [2.45, 2.75) is 18.9 Å². The van der Waals surface area contributed by atoms with E-state index in [0.29, 0.717) is 17.8 Å². The SMILES string of the molecule is CCNC(=O)c1cccc(NC(=O)CSc2ncnc3scc(-c4ccc(C)cc4)c23)c1. The van der Waals surface area contributed by atoms with E-state index in [4.69, 9.17) is 0 Å². The number of carbonyl (C=O) groups is 2. The first kappa shape index (κ1) is 22.0. The highest BCUT2D eigenvalue weighted by Crippen LogP contribution is 2.37. The van der Waals surface area contributed by atoms with Gasteiger partial charge in [-0.2, -0.15) is 0 Å². The zero-order valence-electron chi connectivity index (χ0n) is 17.7. The summed E-state index contributed by atoms with van der Waals surface area (Å²) < 4.78 is 0. The Balaban J connectivity index is 1.49. The number of thiophene rings is 1. The Hall–Kier alpha value is -3.23. The lowest BCUT2D eigenvalue weighted by Crippen LogP contribution is -2.23. The van der Waals surface area contributed by atoms with Crippen molar-refractivity contribution in [3.8, 4) is 11.1 Å². The Morgan fingerprint density at radius 1 is 1.09 bits per heavy atom. The number of anilines is 1. The Morgan fingerprint density at radius 3 is 2.69 bits per heavy atom. The molecule has 0 aliphatic heterocycles. The van der Waals surface area contributed by atoms with Crippen molar-refractivity contribution >= 4 is 50.8 Å². The highest BCUT2D eigenvalue weighted by atomic mass is 32.2. The molecule has 32 heavy (non-hydrogen) atoms. The molecule has 2 N–H and O–H groups in total. The molecule has 0 fully saturated rings. The fourth-order valence-corrected chi connectivity index (χ4v) is 5.03. The number of nitrogens with zero attached hydrogens (tertiary/aromatic N) is 2. The van der Waals surface area contributed by atoms with Crippen molar-refractivity contribution in [3.05, 3.63) is 71.4 Å². The number of aryl methyl sites for hydroxylation is 1. The van der Waals surface area contributed by atoms with E-state index in [1.165, 1.54) is 23.7 Å². The molecule has 0 aliphatic rings. The monoisotopic (exact) mass is 462 g/mol. The third-order valence-corrected chi connectivity index (χ3v) is 6.66. The second-order valence-electron chi connectivity index (χ2n) is 7.15. The molecule has 2 heterocycles. The van der Waals surface area contributed by atoms with E-state index in [-0.39, 0.29) is 17.6 Å². The van der Waals surface area contributed by atoms with E-state index in [9.17, 15) is 9.59 Å². The molecule has 4 rings (SSSR count). The van der Waals surface area contributed by atoms with Crippen LogP contribution in [0.1, 0.15) is 22.8 Å². The lowest BCUT2D eigenvalue weighted by Gasteiger charge is -2.08. The second-order valence-corrected chi connectivity index (χ2v) is 8.97. The quantitative estimate of drug-likeness (QED) is 0.293. The van der Waals surface area contributed by atoms with Crippen LogP contribution in [0.5, 0.6) is 0 Å². The molecule has 162 valence electrons. The van der Waals surface area contributed by atoms with Crippen LogP contribution >= 0.6 is 23.1 Å². The van der Waals surface area contributed by atoms with E-state index < -0.39 is 0 Å². The molecule has 0 spiro atoms. The van der Waals surface area contributed by atoms with Gasteiger partial charge in [0.15, 0.2) is 0 Å². The highest BCUT2D eigenvalue weighted by Gasteiger charge is 2.15.